The van der Waals surface area contributed by atoms with E-state index in [-0.39, 0.29) is 18.4 Å². The number of rotatable bonds is 4. The summed E-state index contributed by atoms with van der Waals surface area (Å²) in [6, 6.07) is 5.25. The summed E-state index contributed by atoms with van der Waals surface area (Å²) in [6.45, 7) is 6.37. The van der Waals surface area contributed by atoms with E-state index in [0.29, 0.717) is 17.3 Å². The van der Waals surface area contributed by atoms with Gasteiger partial charge in [-0.05, 0) is 25.0 Å². The Labute approximate surface area is 112 Å². The molecule has 0 aromatic carbocycles. The number of pyridine rings is 1. The van der Waals surface area contributed by atoms with Gasteiger partial charge >= 0.3 is 0 Å². The molecule has 18 heavy (non-hydrogen) atoms. The van der Waals surface area contributed by atoms with Gasteiger partial charge in [0.1, 0.15) is 11.7 Å². The molecule has 0 saturated heterocycles. The monoisotopic (exact) mass is 265 g/mol. The number of amides is 1. The molecule has 0 aliphatic rings. The molecule has 1 heterocycles. The molecule has 1 amide bonds. The molecule has 0 spiro atoms. The van der Waals surface area contributed by atoms with Gasteiger partial charge in [0, 0.05) is 17.8 Å². The maximum atomic E-state index is 12.2. The standard InChI is InChI=1S/C13H16ClN3O/c1-4-17(6-5-15)13(18)10-7-11(9(2)3)16-12(14)8-10/h7-9H,4,6H2,1-3H3. The van der Waals surface area contributed by atoms with Crippen molar-refractivity contribution < 1.29 is 4.79 Å². The Morgan fingerprint density at radius 2 is 2.22 bits per heavy atom. The van der Waals surface area contributed by atoms with Crippen LogP contribution in [0.2, 0.25) is 5.15 Å². The van der Waals surface area contributed by atoms with Gasteiger partial charge in [-0.25, -0.2) is 4.98 Å². The van der Waals surface area contributed by atoms with Gasteiger partial charge in [-0.15, -0.1) is 0 Å². The normalized spacial score (nSPS) is 10.2. The molecular formula is C13H16ClN3O. The fourth-order valence-electron chi connectivity index (χ4n) is 1.53. The number of halogens is 1. The van der Waals surface area contributed by atoms with E-state index in [0.717, 1.165) is 5.69 Å². The summed E-state index contributed by atoms with van der Waals surface area (Å²) in [5.41, 5.74) is 1.26. The molecule has 0 fully saturated rings. The third kappa shape index (κ3) is 3.44. The SMILES string of the molecule is CCN(CC#N)C(=O)c1cc(Cl)nc(C(C)C)c1. The average Bonchev–Trinajstić information content (AvgIpc) is 2.34. The molecule has 1 aromatic rings. The Kier molecular flexibility index (Phi) is 5.11. The second kappa shape index (κ2) is 6.36. The van der Waals surface area contributed by atoms with Gasteiger partial charge in [0.25, 0.3) is 5.91 Å². The smallest absolute Gasteiger partial charge is 0.254 e. The van der Waals surface area contributed by atoms with Crippen LogP contribution in [0.1, 0.15) is 42.7 Å². The van der Waals surface area contributed by atoms with Crippen molar-refractivity contribution >= 4 is 17.5 Å². The first kappa shape index (κ1) is 14.5. The van der Waals surface area contributed by atoms with Crippen molar-refractivity contribution in [2.24, 2.45) is 0 Å². The predicted octanol–water partition coefficient (Wildman–Crippen LogP) is 2.84. The van der Waals surface area contributed by atoms with Crippen molar-refractivity contribution in [1.29, 1.82) is 5.26 Å². The summed E-state index contributed by atoms with van der Waals surface area (Å²) in [7, 11) is 0. The Morgan fingerprint density at radius 3 is 2.72 bits per heavy atom. The van der Waals surface area contributed by atoms with Gasteiger partial charge in [0.15, 0.2) is 0 Å². The molecule has 0 atom stereocenters. The molecule has 0 bridgehead atoms. The number of carbonyl (C=O) groups excluding carboxylic acids is 1. The average molecular weight is 266 g/mol. The van der Waals surface area contributed by atoms with Crippen LogP contribution < -0.4 is 0 Å². The second-order valence-corrected chi connectivity index (χ2v) is 4.62. The zero-order valence-corrected chi connectivity index (χ0v) is 11.5. The van der Waals surface area contributed by atoms with Crippen molar-refractivity contribution in [3.05, 3.63) is 28.5 Å². The van der Waals surface area contributed by atoms with Crippen molar-refractivity contribution in [2.75, 3.05) is 13.1 Å². The zero-order chi connectivity index (χ0) is 13.7. The van der Waals surface area contributed by atoms with Crippen LogP contribution in [-0.2, 0) is 0 Å². The van der Waals surface area contributed by atoms with Crippen LogP contribution in [0.3, 0.4) is 0 Å². The number of aromatic nitrogens is 1. The van der Waals surface area contributed by atoms with Gasteiger partial charge in [-0.3, -0.25) is 4.79 Å². The summed E-state index contributed by atoms with van der Waals surface area (Å²) >= 11 is 5.92. The summed E-state index contributed by atoms with van der Waals surface area (Å²) in [5.74, 6) is 0.00606. The first-order valence-corrected chi connectivity index (χ1v) is 6.21. The fraction of sp³-hybridized carbons (Fsp3) is 0.462. The Hall–Kier alpha value is -1.60. The van der Waals surface area contributed by atoms with Crippen LogP contribution in [0.25, 0.3) is 0 Å². The number of hydrogen-bond donors (Lipinski definition) is 0. The largest absolute Gasteiger partial charge is 0.326 e. The number of nitrogens with zero attached hydrogens (tertiary/aromatic N) is 3. The van der Waals surface area contributed by atoms with E-state index >= 15 is 0 Å². The van der Waals surface area contributed by atoms with Crippen molar-refractivity contribution in [3.63, 3.8) is 0 Å². The van der Waals surface area contributed by atoms with E-state index in [1.165, 1.54) is 11.0 Å². The van der Waals surface area contributed by atoms with Gasteiger partial charge in [-0.2, -0.15) is 5.26 Å². The molecule has 0 aliphatic carbocycles. The molecule has 0 unspecified atom stereocenters. The quantitative estimate of drug-likeness (QED) is 0.621. The lowest BCUT2D eigenvalue weighted by molar-refractivity contribution is 0.0784. The Bertz CT molecular complexity index is 480. The third-order valence-corrected chi connectivity index (χ3v) is 2.78. The molecule has 5 heteroatoms. The van der Waals surface area contributed by atoms with Crippen LogP contribution in [0.4, 0.5) is 0 Å². The first-order chi connectivity index (χ1) is 8.49. The molecule has 1 aromatic heterocycles. The summed E-state index contributed by atoms with van der Waals surface area (Å²) < 4.78 is 0. The van der Waals surface area contributed by atoms with Crippen molar-refractivity contribution in [3.8, 4) is 6.07 Å². The molecular weight excluding hydrogens is 250 g/mol. The molecule has 1 rings (SSSR count). The summed E-state index contributed by atoms with van der Waals surface area (Å²) in [5, 5.41) is 8.98. The molecule has 96 valence electrons. The van der Waals surface area contributed by atoms with Crippen molar-refractivity contribution in [1.82, 2.24) is 9.88 Å². The predicted molar refractivity (Wildman–Crippen MR) is 70.5 cm³/mol. The van der Waals surface area contributed by atoms with E-state index in [2.05, 4.69) is 4.98 Å². The highest BCUT2D eigenvalue weighted by Crippen LogP contribution is 2.18. The summed E-state index contributed by atoms with van der Waals surface area (Å²) in [6.07, 6.45) is 0. The van der Waals surface area contributed by atoms with Crippen molar-refractivity contribution in [2.45, 2.75) is 26.7 Å². The number of nitriles is 1. The zero-order valence-electron chi connectivity index (χ0n) is 10.8. The first-order valence-electron chi connectivity index (χ1n) is 5.83. The highest BCUT2D eigenvalue weighted by molar-refractivity contribution is 6.29. The lowest BCUT2D eigenvalue weighted by atomic mass is 10.1. The van der Waals surface area contributed by atoms with E-state index in [9.17, 15) is 4.79 Å². The van der Waals surface area contributed by atoms with E-state index in [1.54, 1.807) is 6.07 Å². The van der Waals surface area contributed by atoms with Crippen LogP contribution in [-0.4, -0.2) is 28.9 Å². The highest BCUT2D eigenvalue weighted by Gasteiger charge is 2.16. The molecule has 0 saturated carbocycles. The maximum absolute atomic E-state index is 12.2. The van der Waals surface area contributed by atoms with E-state index < -0.39 is 0 Å². The van der Waals surface area contributed by atoms with Gasteiger partial charge < -0.3 is 4.90 Å². The molecule has 0 radical (unpaired) electrons. The lowest BCUT2D eigenvalue weighted by Gasteiger charge is -2.18. The van der Waals surface area contributed by atoms with Crippen LogP contribution in [0.15, 0.2) is 12.1 Å². The van der Waals surface area contributed by atoms with Gasteiger partial charge in [-0.1, -0.05) is 25.4 Å². The highest BCUT2D eigenvalue weighted by atomic mass is 35.5. The van der Waals surface area contributed by atoms with Crippen LogP contribution in [0.5, 0.6) is 0 Å². The lowest BCUT2D eigenvalue weighted by Crippen LogP contribution is -2.31. The summed E-state index contributed by atoms with van der Waals surface area (Å²) in [4.78, 5) is 17.8. The topological polar surface area (TPSA) is 57.0 Å². The second-order valence-electron chi connectivity index (χ2n) is 4.24. The fourth-order valence-corrected chi connectivity index (χ4v) is 1.75. The van der Waals surface area contributed by atoms with Crippen LogP contribution >= 0.6 is 11.6 Å². The number of hydrogen-bond acceptors (Lipinski definition) is 3. The van der Waals surface area contributed by atoms with Gasteiger partial charge in [0.2, 0.25) is 0 Å². The Morgan fingerprint density at radius 1 is 1.56 bits per heavy atom. The number of carbonyl (C=O) groups is 1. The van der Waals surface area contributed by atoms with E-state index in [1.807, 2.05) is 26.8 Å². The van der Waals surface area contributed by atoms with Crippen LogP contribution in [0, 0.1) is 11.3 Å². The van der Waals surface area contributed by atoms with E-state index in [4.69, 9.17) is 16.9 Å². The molecule has 4 nitrogen and oxygen atoms in total. The molecule has 0 aliphatic heterocycles. The minimum atomic E-state index is -0.190. The minimum Gasteiger partial charge on any atom is -0.326 e. The van der Waals surface area contributed by atoms with Gasteiger partial charge in [0.05, 0.1) is 6.07 Å². The Balaban J connectivity index is 3.09. The minimum absolute atomic E-state index is 0.0757. The maximum Gasteiger partial charge on any atom is 0.254 e. The molecule has 0 N–H and O–H groups in total. The third-order valence-electron chi connectivity index (χ3n) is 2.58.